The zero-order valence-corrected chi connectivity index (χ0v) is 18.1. The highest BCUT2D eigenvalue weighted by Crippen LogP contribution is 2.41. The van der Waals surface area contributed by atoms with Crippen molar-refractivity contribution < 1.29 is 13.9 Å². The normalized spacial score (nSPS) is 18.8. The number of hydrogen-bond acceptors (Lipinski definition) is 6. The summed E-state index contributed by atoms with van der Waals surface area (Å²) in [4.78, 5) is 38.9. The maximum Gasteiger partial charge on any atom is 0.422 e. The molecule has 0 aliphatic heterocycles. The fourth-order valence-corrected chi connectivity index (χ4v) is 4.57. The minimum Gasteiger partial charge on any atom is -0.443 e. The number of alkyl halides is 1. The number of carbonyl (C=O) groups is 1. The van der Waals surface area contributed by atoms with Crippen LogP contribution in [-0.4, -0.2) is 27.5 Å². The second-order valence-corrected chi connectivity index (χ2v) is 9.47. The van der Waals surface area contributed by atoms with E-state index in [2.05, 4.69) is 10.9 Å². The molecule has 2 heterocycles. The van der Waals surface area contributed by atoms with Crippen LogP contribution in [0.4, 0.5) is 9.18 Å². The highest BCUT2D eigenvalue weighted by molar-refractivity contribution is 7.18. The molecule has 2 atom stereocenters. The molecule has 3 rings (SSSR count). The second kappa shape index (κ2) is 7.91. The Morgan fingerprint density at radius 1 is 1.34 bits per heavy atom. The number of fused-ring (bicyclic) bond motifs is 1. The molecule has 2 aromatic rings. The van der Waals surface area contributed by atoms with Crippen molar-refractivity contribution in [2.24, 2.45) is 5.92 Å². The Hall–Kier alpha value is -2.20. The standard InChI is InChI=1S/C19H27FN4O4S/c1-10-8-12(10)24-15(25)14-11(2)13(9-21-22-17(26)28-19(3,4)5)29-16(14)23(7-6-20)18(24)27/h10,12,21H,6-9H2,1-5H3,(H,22,26)/t10-,12-/m0/s1. The number of rotatable bonds is 6. The summed E-state index contributed by atoms with van der Waals surface area (Å²) in [6.45, 7) is 8.52. The van der Waals surface area contributed by atoms with Crippen molar-refractivity contribution in [2.75, 3.05) is 6.67 Å². The summed E-state index contributed by atoms with van der Waals surface area (Å²) in [5, 5.41) is 0.441. The van der Waals surface area contributed by atoms with Gasteiger partial charge in [0.2, 0.25) is 0 Å². The van der Waals surface area contributed by atoms with Crippen LogP contribution >= 0.6 is 11.3 Å². The van der Waals surface area contributed by atoms with Crippen LogP contribution in [0.25, 0.3) is 10.2 Å². The summed E-state index contributed by atoms with van der Waals surface area (Å²) in [6, 6.07) is -0.125. The Balaban J connectivity index is 1.93. The van der Waals surface area contributed by atoms with E-state index in [4.69, 9.17) is 4.74 Å². The number of hydrogen-bond donors (Lipinski definition) is 2. The molecule has 0 unspecified atom stereocenters. The van der Waals surface area contributed by atoms with Crippen molar-refractivity contribution in [1.29, 1.82) is 0 Å². The summed E-state index contributed by atoms with van der Waals surface area (Å²) in [7, 11) is 0. The lowest BCUT2D eigenvalue weighted by molar-refractivity contribution is 0.0497. The molecule has 1 amide bonds. The summed E-state index contributed by atoms with van der Waals surface area (Å²) >= 11 is 1.25. The van der Waals surface area contributed by atoms with Crippen LogP contribution in [0.1, 0.15) is 50.6 Å². The molecule has 0 spiro atoms. The van der Waals surface area contributed by atoms with Crippen molar-refractivity contribution in [3.05, 3.63) is 31.3 Å². The molecule has 1 saturated carbocycles. The van der Waals surface area contributed by atoms with Crippen molar-refractivity contribution in [1.82, 2.24) is 20.0 Å². The van der Waals surface area contributed by atoms with E-state index >= 15 is 0 Å². The van der Waals surface area contributed by atoms with Gasteiger partial charge in [0.05, 0.1) is 11.9 Å². The number of nitrogens with one attached hydrogen (secondary N) is 2. The SMILES string of the molecule is Cc1c(CNNC(=O)OC(C)(C)C)sc2c1c(=O)n([C@H]1C[C@@H]1C)c(=O)n2CCF. The smallest absolute Gasteiger partial charge is 0.422 e. The van der Waals surface area contributed by atoms with Crippen LogP contribution in [0.15, 0.2) is 9.59 Å². The van der Waals surface area contributed by atoms with Gasteiger partial charge in [-0.05, 0) is 45.6 Å². The summed E-state index contributed by atoms with van der Waals surface area (Å²) in [5.41, 5.74) is 4.56. The fraction of sp³-hybridized carbons (Fsp3) is 0.632. The molecule has 8 nitrogen and oxygen atoms in total. The van der Waals surface area contributed by atoms with Gasteiger partial charge in [-0.25, -0.2) is 19.4 Å². The topological polar surface area (TPSA) is 94.4 Å². The van der Waals surface area contributed by atoms with E-state index in [-0.39, 0.29) is 30.6 Å². The number of amides is 1. The molecule has 2 aromatic heterocycles. The first-order valence-electron chi connectivity index (χ1n) is 9.60. The van der Waals surface area contributed by atoms with Gasteiger partial charge in [0.15, 0.2) is 0 Å². The van der Waals surface area contributed by atoms with E-state index in [9.17, 15) is 18.8 Å². The number of aryl methyl sites for hydroxylation is 2. The lowest BCUT2D eigenvalue weighted by Gasteiger charge is -2.19. The average Bonchev–Trinajstić information content (AvgIpc) is 3.21. The molecule has 29 heavy (non-hydrogen) atoms. The van der Waals surface area contributed by atoms with E-state index in [1.165, 1.54) is 20.5 Å². The summed E-state index contributed by atoms with van der Waals surface area (Å²) in [5.74, 6) is 0.259. The predicted molar refractivity (Wildman–Crippen MR) is 110 cm³/mol. The third-order valence-corrected chi connectivity index (χ3v) is 6.20. The van der Waals surface area contributed by atoms with E-state index in [1.807, 2.05) is 6.92 Å². The molecular formula is C19H27FN4O4S. The molecule has 2 N–H and O–H groups in total. The summed E-state index contributed by atoms with van der Waals surface area (Å²) < 4.78 is 20.9. The Labute approximate surface area is 171 Å². The van der Waals surface area contributed by atoms with Crippen molar-refractivity contribution >= 4 is 27.6 Å². The molecule has 1 aliphatic rings. The molecule has 10 heteroatoms. The maximum atomic E-state index is 13.1. The molecule has 1 fully saturated rings. The molecule has 0 radical (unpaired) electrons. The Morgan fingerprint density at radius 3 is 2.55 bits per heavy atom. The number of nitrogens with zero attached hydrogens (tertiary/aromatic N) is 2. The number of halogens is 1. The lowest BCUT2D eigenvalue weighted by Crippen LogP contribution is -2.40. The predicted octanol–water partition coefficient (Wildman–Crippen LogP) is 2.61. The van der Waals surface area contributed by atoms with Gasteiger partial charge in [-0.1, -0.05) is 6.92 Å². The first-order chi connectivity index (χ1) is 13.5. The number of ether oxygens (including phenoxy) is 1. The summed E-state index contributed by atoms with van der Waals surface area (Å²) in [6.07, 6.45) is 0.156. The van der Waals surface area contributed by atoms with Gasteiger partial charge in [-0.2, -0.15) is 0 Å². The van der Waals surface area contributed by atoms with Gasteiger partial charge in [0, 0.05) is 17.5 Å². The Morgan fingerprint density at radius 2 is 2.00 bits per heavy atom. The zero-order valence-electron chi connectivity index (χ0n) is 17.3. The van der Waals surface area contributed by atoms with Crippen LogP contribution in [-0.2, 0) is 17.8 Å². The van der Waals surface area contributed by atoms with Gasteiger partial charge in [-0.15, -0.1) is 11.3 Å². The van der Waals surface area contributed by atoms with Gasteiger partial charge < -0.3 is 4.74 Å². The van der Waals surface area contributed by atoms with Gasteiger partial charge in [-0.3, -0.25) is 19.4 Å². The largest absolute Gasteiger partial charge is 0.443 e. The Kier molecular flexibility index (Phi) is 5.86. The average molecular weight is 427 g/mol. The zero-order chi connectivity index (χ0) is 21.5. The molecule has 0 bridgehead atoms. The lowest BCUT2D eigenvalue weighted by atomic mass is 10.2. The van der Waals surface area contributed by atoms with Gasteiger partial charge >= 0.3 is 11.8 Å². The molecule has 0 saturated heterocycles. The molecule has 160 valence electrons. The highest BCUT2D eigenvalue weighted by atomic mass is 32.1. The highest BCUT2D eigenvalue weighted by Gasteiger charge is 2.38. The fourth-order valence-electron chi connectivity index (χ4n) is 3.32. The number of hydrazine groups is 1. The van der Waals surface area contributed by atoms with Crippen LogP contribution in [0, 0.1) is 12.8 Å². The van der Waals surface area contributed by atoms with E-state index in [0.717, 1.165) is 16.9 Å². The number of aromatic nitrogens is 2. The third-order valence-electron chi connectivity index (χ3n) is 4.89. The third kappa shape index (κ3) is 4.37. The van der Waals surface area contributed by atoms with Crippen LogP contribution in [0.2, 0.25) is 0 Å². The van der Waals surface area contributed by atoms with Gasteiger partial charge in [0.1, 0.15) is 17.1 Å². The number of thiophene rings is 1. The van der Waals surface area contributed by atoms with Crippen LogP contribution in [0.3, 0.4) is 0 Å². The van der Waals surface area contributed by atoms with Crippen molar-refractivity contribution in [3.63, 3.8) is 0 Å². The first-order valence-corrected chi connectivity index (χ1v) is 10.4. The van der Waals surface area contributed by atoms with E-state index in [0.29, 0.717) is 10.2 Å². The molecule has 0 aromatic carbocycles. The first kappa shape index (κ1) is 21.5. The van der Waals surface area contributed by atoms with Crippen LogP contribution in [0.5, 0.6) is 0 Å². The van der Waals surface area contributed by atoms with Gasteiger partial charge in [0.25, 0.3) is 5.56 Å². The maximum absolute atomic E-state index is 13.1. The molecule has 1 aliphatic carbocycles. The second-order valence-electron chi connectivity index (χ2n) is 8.39. The van der Waals surface area contributed by atoms with E-state index < -0.39 is 24.1 Å². The number of carbonyl (C=O) groups excluding carboxylic acids is 1. The molecular weight excluding hydrogens is 399 g/mol. The quantitative estimate of drug-likeness (QED) is 0.693. The van der Waals surface area contributed by atoms with Crippen molar-refractivity contribution in [2.45, 2.75) is 65.8 Å². The minimum absolute atomic E-state index is 0.0975. The Bertz CT molecular complexity index is 1050. The minimum atomic E-state index is -0.696. The van der Waals surface area contributed by atoms with Crippen LogP contribution < -0.4 is 22.1 Å². The monoisotopic (exact) mass is 426 g/mol. The van der Waals surface area contributed by atoms with Crippen molar-refractivity contribution in [3.8, 4) is 0 Å². The van der Waals surface area contributed by atoms with E-state index in [1.54, 1.807) is 27.7 Å².